The first kappa shape index (κ1) is 43.4. The van der Waals surface area contributed by atoms with Gasteiger partial charge in [-0.2, -0.15) is 0 Å². The van der Waals surface area contributed by atoms with Gasteiger partial charge in [-0.25, -0.2) is 0 Å². The van der Waals surface area contributed by atoms with Crippen LogP contribution in [0.3, 0.4) is 0 Å². The van der Waals surface area contributed by atoms with E-state index in [0.717, 1.165) is 19.3 Å². The van der Waals surface area contributed by atoms with Gasteiger partial charge in [0.25, 0.3) is 5.78 Å². The molecule has 8 nitrogen and oxygen atoms in total. The fourth-order valence-corrected chi connectivity index (χ4v) is 5.84. The second-order valence-electron chi connectivity index (χ2n) is 12.5. The molecule has 0 aromatic rings. The van der Waals surface area contributed by atoms with Gasteiger partial charge in [0.1, 0.15) is 5.60 Å². The number of carbonyl (C=O) groups excluding carboxylic acids is 1. The summed E-state index contributed by atoms with van der Waals surface area (Å²) in [6, 6.07) is 0. The second kappa shape index (κ2) is 27.8. The SMILES string of the molecule is CCC([P+](=O)[O-])[N+](C)(C)CCC(O)O.CCCCCCCC/C=C\CCCCCCCCCCCC(=O)C(C)(O)CO. The minimum atomic E-state index is -2.47. The molecule has 0 aromatic carbocycles. The fourth-order valence-electron chi connectivity index (χ4n) is 4.92. The lowest BCUT2D eigenvalue weighted by atomic mass is 9.96. The predicted octanol–water partition coefficient (Wildman–Crippen LogP) is 6.50. The molecule has 9 heteroatoms. The molecule has 250 valence electrons. The van der Waals surface area contributed by atoms with E-state index < -0.39 is 32.3 Å². The third kappa shape index (κ3) is 25.7. The standard InChI is InChI=1S/C25H48O3.C8H19NO4P/c1-3-4-5-6-7-8-9-10-11-12-13-14-15-16-17-18-19-20-21-22-24(27)25(2,28)23-26;1-4-7(14(12)13)9(2,3)6-5-8(10)11/h10-11,26,28H,3-9,12-23H2,1-2H3;7-8,10-11H,4-6H2,1-3H3/q;+1/b11-10-;. The van der Waals surface area contributed by atoms with Crippen LogP contribution in [0, 0.1) is 0 Å². The molecule has 0 spiro atoms. The number of rotatable bonds is 27. The summed E-state index contributed by atoms with van der Waals surface area (Å²) >= 11 is 0. The molecule has 3 atom stereocenters. The zero-order valence-electron chi connectivity index (χ0n) is 27.8. The topological polar surface area (TPSA) is 138 Å². The van der Waals surface area contributed by atoms with E-state index in [1.54, 1.807) is 14.1 Å². The number of unbranched alkanes of at least 4 members (excludes halogenated alkanes) is 15. The Kier molecular flexibility index (Phi) is 28.7. The van der Waals surface area contributed by atoms with Gasteiger partial charge in [-0.15, -0.1) is 0 Å². The van der Waals surface area contributed by atoms with Crippen molar-refractivity contribution >= 4 is 13.8 Å². The Morgan fingerprint density at radius 2 is 1.26 bits per heavy atom. The first-order valence-corrected chi connectivity index (χ1v) is 17.9. The summed E-state index contributed by atoms with van der Waals surface area (Å²) in [4.78, 5) is 22.6. The molecule has 0 rings (SSSR count). The molecular formula is C33H67NO7P+. The molecular weight excluding hydrogens is 553 g/mol. The summed E-state index contributed by atoms with van der Waals surface area (Å²) in [5.74, 6) is -0.695. The number of allylic oxidation sites excluding steroid dienone is 2. The summed E-state index contributed by atoms with van der Waals surface area (Å²) in [5.41, 5.74) is -1.55. The number of aliphatic hydroxyl groups excluding tert-OH is 2. The Labute approximate surface area is 259 Å². The number of aliphatic hydroxyl groups is 4. The van der Waals surface area contributed by atoms with Crippen molar-refractivity contribution in [1.29, 1.82) is 0 Å². The first-order valence-electron chi connectivity index (χ1n) is 16.7. The maximum Gasteiger partial charge on any atom is 0.373 e. The third-order valence-corrected chi connectivity index (χ3v) is 9.43. The molecule has 0 aliphatic heterocycles. The summed E-state index contributed by atoms with van der Waals surface area (Å²) < 4.78 is 11.2. The summed E-state index contributed by atoms with van der Waals surface area (Å²) in [5, 5.41) is 36.0. The number of quaternary nitrogens is 1. The molecule has 0 heterocycles. The average molecular weight is 621 g/mol. The Morgan fingerprint density at radius 1 is 0.833 bits per heavy atom. The van der Waals surface area contributed by atoms with Crippen molar-refractivity contribution in [2.75, 3.05) is 27.2 Å². The van der Waals surface area contributed by atoms with Gasteiger partial charge in [-0.3, -0.25) is 9.28 Å². The highest BCUT2D eigenvalue weighted by Crippen LogP contribution is 2.28. The van der Waals surface area contributed by atoms with Gasteiger partial charge in [-0.05, 0) is 39.0 Å². The van der Waals surface area contributed by atoms with E-state index in [2.05, 4.69) is 19.1 Å². The van der Waals surface area contributed by atoms with Gasteiger partial charge in [0.15, 0.2) is 12.1 Å². The quantitative estimate of drug-likeness (QED) is 0.0270. The predicted molar refractivity (Wildman–Crippen MR) is 172 cm³/mol. The van der Waals surface area contributed by atoms with Crippen LogP contribution in [0.1, 0.15) is 149 Å². The van der Waals surface area contributed by atoms with Crippen molar-refractivity contribution in [2.45, 2.75) is 167 Å². The van der Waals surface area contributed by atoms with E-state index in [1.807, 2.05) is 6.92 Å². The number of hydrogen-bond donors (Lipinski definition) is 4. The lowest BCUT2D eigenvalue weighted by molar-refractivity contribution is -0.903. The molecule has 3 unspecified atom stereocenters. The van der Waals surface area contributed by atoms with Crippen LogP contribution in [0.5, 0.6) is 0 Å². The number of nitrogens with zero attached hydrogens (tertiary/aromatic N) is 1. The molecule has 42 heavy (non-hydrogen) atoms. The van der Waals surface area contributed by atoms with Crippen LogP contribution in [0.15, 0.2) is 12.2 Å². The second-order valence-corrected chi connectivity index (χ2v) is 13.7. The van der Waals surface area contributed by atoms with Crippen LogP contribution in [0.25, 0.3) is 0 Å². The highest BCUT2D eigenvalue weighted by atomic mass is 31.1. The van der Waals surface area contributed by atoms with E-state index in [0.29, 0.717) is 19.4 Å². The zero-order chi connectivity index (χ0) is 32.3. The first-order chi connectivity index (χ1) is 19.9. The van der Waals surface area contributed by atoms with Crippen LogP contribution in [-0.2, 0) is 9.36 Å². The largest absolute Gasteiger partial charge is 0.591 e. The van der Waals surface area contributed by atoms with Crippen LogP contribution in [0.4, 0.5) is 0 Å². The molecule has 0 radical (unpaired) electrons. The molecule has 4 N–H and O–H groups in total. The smallest absolute Gasteiger partial charge is 0.373 e. The minimum absolute atomic E-state index is 0.187. The van der Waals surface area contributed by atoms with Crippen LogP contribution in [-0.4, -0.2) is 75.6 Å². The Hall–Kier alpha value is -0.730. The van der Waals surface area contributed by atoms with Gasteiger partial charge < -0.3 is 25.3 Å². The summed E-state index contributed by atoms with van der Waals surface area (Å²) in [7, 11) is 1.09. The van der Waals surface area contributed by atoms with E-state index in [9.17, 15) is 19.4 Å². The van der Waals surface area contributed by atoms with Crippen LogP contribution < -0.4 is 4.89 Å². The lowest BCUT2D eigenvalue weighted by Crippen LogP contribution is -2.49. The van der Waals surface area contributed by atoms with Crippen molar-refractivity contribution in [3.05, 3.63) is 12.2 Å². The highest BCUT2D eigenvalue weighted by Gasteiger charge is 2.36. The van der Waals surface area contributed by atoms with Gasteiger partial charge in [0.2, 0.25) is 0 Å². The minimum Gasteiger partial charge on any atom is -0.591 e. The molecule has 0 saturated heterocycles. The van der Waals surface area contributed by atoms with Crippen molar-refractivity contribution < 1.29 is 39.2 Å². The van der Waals surface area contributed by atoms with Gasteiger partial charge in [-0.1, -0.05) is 108 Å². The maximum absolute atomic E-state index is 11.7. The van der Waals surface area contributed by atoms with Crippen LogP contribution in [0.2, 0.25) is 0 Å². The molecule has 0 aromatic heterocycles. The van der Waals surface area contributed by atoms with Crippen molar-refractivity contribution in [3.8, 4) is 0 Å². The maximum atomic E-state index is 11.7. The fraction of sp³-hybridized carbons (Fsp3) is 0.909. The number of carbonyl (C=O) groups is 1. The van der Waals surface area contributed by atoms with Crippen molar-refractivity contribution in [3.63, 3.8) is 0 Å². The molecule has 0 saturated carbocycles. The highest BCUT2D eigenvalue weighted by molar-refractivity contribution is 7.37. The average Bonchev–Trinajstić information content (AvgIpc) is 2.93. The summed E-state index contributed by atoms with van der Waals surface area (Å²) in [6.07, 6.45) is 26.1. The Morgan fingerprint density at radius 3 is 1.64 bits per heavy atom. The molecule has 0 aliphatic carbocycles. The molecule has 0 bridgehead atoms. The normalized spacial score (nSPS) is 14.5. The Balaban J connectivity index is 0. The molecule has 0 amide bonds. The van der Waals surface area contributed by atoms with Crippen molar-refractivity contribution in [2.24, 2.45) is 0 Å². The van der Waals surface area contributed by atoms with Gasteiger partial charge >= 0.3 is 8.03 Å². The molecule has 0 fully saturated rings. The zero-order valence-corrected chi connectivity index (χ0v) is 28.7. The van der Waals surface area contributed by atoms with Gasteiger partial charge in [0, 0.05) is 19.3 Å². The number of hydrogen-bond acceptors (Lipinski definition) is 7. The van der Waals surface area contributed by atoms with E-state index >= 15 is 0 Å². The summed E-state index contributed by atoms with van der Waals surface area (Å²) in [6.45, 7) is 5.41. The van der Waals surface area contributed by atoms with E-state index in [-0.39, 0.29) is 16.7 Å². The van der Waals surface area contributed by atoms with Crippen molar-refractivity contribution in [1.82, 2.24) is 0 Å². The number of ketones is 1. The van der Waals surface area contributed by atoms with Gasteiger partial charge in [0.05, 0.1) is 27.2 Å². The third-order valence-electron chi connectivity index (χ3n) is 7.95. The van der Waals surface area contributed by atoms with E-state index in [1.165, 1.54) is 96.8 Å². The van der Waals surface area contributed by atoms with Crippen LogP contribution >= 0.6 is 8.03 Å². The van der Waals surface area contributed by atoms with E-state index in [4.69, 9.17) is 15.3 Å². The monoisotopic (exact) mass is 620 g/mol. The Bertz CT molecular complexity index is 683. The lowest BCUT2D eigenvalue weighted by Gasteiger charge is -2.32. The number of Topliss-reactive ketones (excluding diaryl/α,β-unsaturated/α-hetero) is 1. The molecule has 0 aliphatic rings.